The number of alkyl halides is 1. The van der Waals surface area contributed by atoms with Gasteiger partial charge in [-0.1, -0.05) is 39.1 Å². The summed E-state index contributed by atoms with van der Waals surface area (Å²) in [5, 5.41) is 3.07. The number of carbonyl (C=O) groups excluding carboxylic acids is 1. The van der Waals surface area contributed by atoms with Gasteiger partial charge in [-0.3, -0.25) is 4.79 Å². The maximum atomic E-state index is 11.3. The molecular formula is C8H7BrCl2N2O. The zero-order valence-electron chi connectivity index (χ0n) is 7.22. The molecule has 0 saturated heterocycles. The number of nitrogens with one attached hydrogen (secondary N) is 1. The van der Waals surface area contributed by atoms with E-state index in [1.807, 2.05) is 0 Å². The average molecular weight is 298 g/mol. The average Bonchev–Trinajstić information content (AvgIpc) is 2.09. The number of hydrogen-bond acceptors (Lipinski definition) is 2. The zero-order chi connectivity index (χ0) is 10.7. The smallest absolute Gasteiger partial charge is 0.237 e. The van der Waals surface area contributed by atoms with Crippen LogP contribution in [-0.2, 0) is 4.79 Å². The van der Waals surface area contributed by atoms with Gasteiger partial charge in [0.1, 0.15) is 5.15 Å². The van der Waals surface area contributed by atoms with E-state index in [1.54, 1.807) is 19.1 Å². The van der Waals surface area contributed by atoms with Crippen molar-refractivity contribution in [1.29, 1.82) is 0 Å². The summed E-state index contributed by atoms with van der Waals surface area (Å²) in [6.07, 6.45) is 0. The molecule has 0 aromatic carbocycles. The molecule has 1 amide bonds. The number of hydrogen-bond donors (Lipinski definition) is 1. The van der Waals surface area contributed by atoms with Crippen molar-refractivity contribution >= 4 is 50.7 Å². The van der Waals surface area contributed by atoms with Gasteiger partial charge >= 0.3 is 0 Å². The number of pyridine rings is 1. The molecule has 0 fully saturated rings. The number of nitrogens with zero attached hydrogens (tertiary/aromatic N) is 1. The fourth-order valence-corrected chi connectivity index (χ4v) is 1.24. The van der Waals surface area contributed by atoms with Crippen molar-refractivity contribution in [2.45, 2.75) is 11.8 Å². The van der Waals surface area contributed by atoms with Crippen LogP contribution >= 0.6 is 39.1 Å². The standard InChI is InChI=1S/C8H7BrCl2N2O/c1-4(9)8(14)12-5-2-3-6(10)13-7(5)11/h2-4H,1H3,(H,12,14). The van der Waals surface area contributed by atoms with Gasteiger partial charge in [0.15, 0.2) is 5.15 Å². The summed E-state index contributed by atoms with van der Waals surface area (Å²) in [5.74, 6) is -0.184. The Morgan fingerprint density at radius 1 is 1.57 bits per heavy atom. The van der Waals surface area contributed by atoms with Crippen molar-refractivity contribution in [2.75, 3.05) is 5.32 Å². The first-order valence-electron chi connectivity index (χ1n) is 3.77. The second-order valence-electron chi connectivity index (χ2n) is 2.58. The van der Waals surface area contributed by atoms with Gasteiger partial charge in [-0.2, -0.15) is 0 Å². The van der Waals surface area contributed by atoms with E-state index in [2.05, 4.69) is 26.2 Å². The highest BCUT2D eigenvalue weighted by Gasteiger charge is 2.11. The lowest BCUT2D eigenvalue weighted by atomic mass is 10.4. The van der Waals surface area contributed by atoms with Gasteiger partial charge in [0.2, 0.25) is 5.91 Å². The Balaban J connectivity index is 2.82. The molecule has 1 rings (SSSR count). The van der Waals surface area contributed by atoms with Crippen LogP contribution in [0.2, 0.25) is 10.3 Å². The van der Waals surface area contributed by atoms with Crippen LogP contribution in [0.4, 0.5) is 5.69 Å². The maximum absolute atomic E-state index is 11.3. The quantitative estimate of drug-likeness (QED) is 0.673. The summed E-state index contributed by atoms with van der Waals surface area (Å²) >= 11 is 14.5. The number of anilines is 1. The first-order chi connectivity index (χ1) is 6.50. The summed E-state index contributed by atoms with van der Waals surface area (Å²) < 4.78 is 0. The second-order valence-corrected chi connectivity index (χ2v) is 4.70. The van der Waals surface area contributed by atoms with Crippen LogP contribution in [0.3, 0.4) is 0 Å². The second kappa shape index (κ2) is 4.96. The highest BCUT2D eigenvalue weighted by atomic mass is 79.9. The van der Waals surface area contributed by atoms with Crippen LogP contribution in [0.15, 0.2) is 12.1 Å². The van der Waals surface area contributed by atoms with E-state index in [4.69, 9.17) is 23.2 Å². The molecule has 0 radical (unpaired) electrons. The molecule has 0 saturated carbocycles. The first kappa shape index (κ1) is 11.8. The van der Waals surface area contributed by atoms with Crippen LogP contribution in [0, 0.1) is 0 Å². The Labute approximate surface area is 99.9 Å². The highest BCUT2D eigenvalue weighted by molar-refractivity contribution is 9.10. The molecule has 3 nitrogen and oxygen atoms in total. The lowest BCUT2D eigenvalue weighted by molar-refractivity contribution is -0.115. The van der Waals surface area contributed by atoms with Crippen molar-refractivity contribution in [3.05, 3.63) is 22.4 Å². The predicted octanol–water partition coefficient (Wildman–Crippen LogP) is 3.11. The molecule has 1 atom stereocenters. The summed E-state index contributed by atoms with van der Waals surface area (Å²) in [6, 6.07) is 3.16. The lowest BCUT2D eigenvalue weighted by Crippen LogP contribution is -2.20. The Bertz CT molecular complexity index is 357. The van der Waals surface area contributed by atoms with Gasteiger partial charge in [0.25, 0.3) is 0 Å². The fraction of sp³-hybridized carbons (Fsp3) is 0.250. The molecule has 0 aliphatic rings. The molecular weight excluding hydrogens is 291 g/mol. The van der Waals surface area contributed by atoms with Gasteiger partial charge < -0.3 is 5.32 Å². The Morgan fingerprint density at radius 2 is 2.21 bits per heavy atom. The van der Waals surface area contributed by atoms with E-state index in [0.29, 0.717) is 10.8 Å². The van der Waals surface area contributed by atoms with Crippen LogP contribution in [0.1, 0.15) is 6.92 Å². The highest BCUT2D eigenvalue weighted by Crippen LogP contribution is 2.21. The van der Waals surface area contributed by atoms with E-state index >= 15 is 0 Å². The summed E-state index contributed by atoms with van der Waals surface area (Å²) in [7, 11) is 0. The molecule has 0 aliphatic heterocycles. The third kappa shape index (κ3) is 3.12. The fourth-order valence-electron chi connectivity index (χ4n) is 0.738. The lowest BCUT2D eigenvalue weighted by Gasteiger charge is -2.07. The minimum Gasteiger partial charge on any atom is -0.322 e. The number of halogens is 3. The van der Waals surface area contributed by atoms with E-state index < -0.39 is 0 Å². The topological polar surface area (TPSA) is 42.0 Å². The maximum Gasteiger partial charge on any atom is 0.237 e. The van der Waals surface area contributed by atoms with Gasteiger partial charge in [-0.15, -0.1) is 0 Å². The molecule has 1 aromatic rings. The summed E-state index contributed by atoms with van der Waals surface area (Å²) in [5.41, 5.74) is 0.451. The molecule has 0 bridgehead atoms. The molecule has 0 aliphatic carbocycles. The largest absolute Gasteiger partial charge is 0.322 e. The van der Waals surface area contributed by atoms with Crippen LogP contribution in [-0.4, -0.2) is 15.7 Å². The van der Waals surface area contributed by atoms with Crippen LogP contribution < -0.4 is 5.32 Å². The third-order valence-corrected chi connectivity index (χ3v) is 2.35. The molecule has 1 aromatic heterocycles. The van der Waals surface area contributed by atoms with Crippen molar-refractivity contribution < 1.29 is 4.79 Å². The number of carbonyl (C=O) groups is 1. The third-order valence-electron chi connectivity index (χ3n) is 1.43. The van der Waals surface area contributed by atoms with Crippen molar-refractivity contribution in [3.8, 4) is 0 Å². The number of rotatable bonds is 2. The van der Waals surface area contributed by atoms with Gasteiger partial charge in [0, 0.05) is 0 Å². The van der Waals surface area contributed by atoms with Gasteiger partial charge in [-0.25, -0.2) is 4.98 Å². The number of aromatic nitrogens is 1. The molecule has 76 valence electrons. The molecule has 0 spiro atoms. The summed E-state index contributed by atoms with van der Waals surface area (Å²) in [6.45, 7) is 1.71. The van der Waals surface area contributed by atoms with Crippen LogP contribution in [0.25, 0.3) is 0 Å². The van der Waals surface area contributed by atoms with E-state index in [0.717, 1.165) is 0 Å². The first-order valence-corrected chi connectivity index (χ1v) is 5.45. The van der Waals surface area contributed by atoms with Crippen molar-refractivity contribution in [3.63, 3.8) is 0 Å². The number of amides is 1. The van der Waals surface area contributed by atoms with E-state index in [9.17, 15) is 4.79 Å². The molecule has 1 unspecified atom stereocenters. The predicted molar refractivity (Wildman–Crippen MR) is 61.3 cm³/mol. The molecule has 14 heavy (non-hydrogen) atoms. The monoisotopic (exact) mass is 296 g/mol. The van der Waals surface area contributed by atoms with Crippen LogP contribution in [0.5, 0.6) is 0 Å². The Hall–Kier alpha value is -0.320. The SMILES string of the molecule is CC(Br)C(=O)Nc1ccc(Cl)nc1Cl. The zero-order valence-corrected chi connectivity index (χ0v) is 10.3. The Morgan fingerprint density at radius 3 is 2.71 bits per heavy atom. The van der Waals surface area contributed by atoms with E-state index in [-0.39, 0.29) is 15.9 Å². The Kier molecular flexibility index (Phi) is 4.16. The van der Waals surface area contributed by atoms with Crippen molar-refractivity contribution in [1.82, 2.24) is 4.98 Å². The minimum absolute atomic E-state index is 0.180. The summed E-state index contributed by atoms with van der Waals surface area (Å²) in [4.78, 5) is 14.8. The van der Waals surface area contributed by atoms with Gasteiger partial charge in [0.05, 0.1) is 10.5 Å². The molecule has 6 heteroatoms. The van der Waals surface area contributed by atoms with E-state index in [1.165, 1.54) is 0 Å². The molecule has 1 heterocycles. The van der Waals surface area contributed by atoms with Crippen molar-refractivity contribution in [2.24, 2.45) is 0 Å². The minimum atomic E-state index is -0.283. The normalized spacial score (nSPS) is 12.3. The van der Waals surface area contributed by atoms with Gasteiger partial charge in [-0.05, 0) is 19.1 Å². The molecule has 1 N–H and O–H groups in total.